The lowest BCUT2D eigenvalue weighted by Gasteiger charge is -2.26. The molecule has 1 saturated heterocycles. The van der Waals surface area contributed by atoms with Gasteiger partial charge in [-0.05, 0) is 37.5 Å². The fourth-order valence-corrected chi connectivity index (χ4v) is 2.77. The van der Waals surface area contributed by atoms with Gasteiger partial charge < -0.3 is 14.5 Å². The highest BCUT2D eigenvalue weighted by atomic mass is 16.5. The quantitative estimate of drug-likeness (QED) is 0.832. The highest BCUT2D eigenvalue weighted by Gasteiger charge is 2.34. The predicted octanol–water partition coefficient (Wildman–Crippen LogP) is 1.71. The number of benzene rings is 1. The first kappa shape index (κ1) is 16.3. The van der Waals surface area contributed by atoms with Gasteiger partial charge in [0.15, 0.2) is 0 Å². The summed E-state index contributed by atoms with van der Waals surface area (Å²) >= 11 is 0. The molecular weight excluding hydrogens is 280 g/mol. The third-order valence-electron chi connectivity index (χ3n) is 3.89. The number of carbonyl (C=O) groups is 2. The van der Waals surface area contributed by atoms with E-state index in [0.29, 0.717) is 19.6 Å². The number of nitrogens with zero attached hydrogens (tertiary/aromatic N) is 2. The van der Waals surface area contributed by atoms with Gasteiger partial charge in [-0.2, -0.15) is 0 Å². The molecule has 1 atom stereocenters. The van der Waals surface area contributed by atoms with Crippen LogP contribution in [-0.4, -0.2) is 54.9 Å². The molecule has 1 aromatic rings. The van der Waals surface area contributed by atoms with E-state index >= 15 is 0 Å². The molecule has 1 heterocycles. The summed E-state index contributed by atoms with van der Waals surface area (Å²) in [6.07, 6.45) is 1.97. The Balaban J connectivity index is 2.00. The molecule has 0 saturated carbocycles. The highest BCUT2D eigenvalue weighted by molar-refractivity contribution is 5.88. The molecule has 0 N–H and O–H groups in total. The number of likely N-dealkylation sites (N-methyl/N-ethyl adjacent to an activating group) is 1. The molecule has 1 fully saturated rings. The number of hydrogen-bond donors (Lipinski definition) is 0. The summed E-state index contributed by atoms with van der Waals surface area (Å²) in [6.45, 7) is 3.23. The summed E-state index contributed by atoms with van der Waals surface area (Å²) in [5.41, 5.74) is 0.941. The maximum atomic E-state index is 12.5. The van der Waals surface area contributed by atoms with Crippen LogP contribution in [0, 0.1) is 0 Å². The normalized spacial score (nSPS) is 17.4. The van der Waals surface area contributed by atoms with Crippen molar-refractivity contribution in [3.05, 3.63) is 29.8 Å². The fourth-order valence-electron chi connectivity index (χ4n) is 2.77. The van der Waals surface area contributed by atoms with Crippen molar-refractivity contribution >= 4 is 11.8 Å². The van der Waals surface area contributed by atoms with Crippen molar-refractivity contribution in [2.45, 2.75) is 32.2 Å². The maximum Gasteiger partial charge on any atom is 0.244 e. The smallest absolute Gasteiger partial charge is 0.244 e. The minimum atomic E-state index is -0.301. The second kappa shape index (κ2) is 7.29. The Hall–Kier alpha value is -2.04. The standard InChI is InChI=1S/C17H24N2O3/c1-4-22-14-9-7-13(8-10-14)12-16(20)19-11-5-6-15(19)17(21)18(2)3/h7-10,15H,4-6,11-12H2,1-3H3. The van der Waals surface area contributed by atoms with Gasteiger partial charge in [-0.25, -0.2) is 0 Å². The predicted molar refractivity (Wildman–Crippen MR) is 84.7 cm³/mol. The Morgan fingerprint density at radius 3 is 2.55 bits per heavy atom. The van der Waals surface area contributed by atoms with E-state index in [1.165, 1.54) is 0 Å². The molecule has 0 bridgehead atoms. The number of likely N-dealkylation sites (tertiary alicyclic amines) is 1. The number of amides is 2. The average Bonchev–Trinajstić information content (AvgIpc) is 2.98. The van der Waals surface area contributed by atoms with Gasteiger partial charge in [0.2, 0.25) is 11.8 Å². The van der Waals surface area contributed by atoms with Gasteiger partial charge in [0.05, 0.1) is 13.0 Å². The van der Waals surface area contributed by atoms with Crippen LogP contribution in [0.4, 0.5) is 0 Å². The molecule has 2 rings (SSSR count). The van der Waals surface area contributed by atoms with Gasteiger partial charge >= 0.3 is 0 Å². The number of ether oxygens (including phenoxy) is 1. The van der Waals surface area contributed by atoms with Crippen molar-refractivity contribution in [3.8, 4) is 5.75 Å². The van der Waals surface area contributed by atoms with Gasteiger partial charge in [0, 0.05) is 20.6 Å². The van der Waals surface area contributed by atoms with E-state index in [2.05, 4.69) is 0 Å². The molecule has 1 unspecified atom stereocenters. The van der Waals surface area contributed by atoms with Gasteiger partial charge in [0.25, 0.3) is 0 Å². The van der Waals surface area contributed by atoms with Crippen molar-refractivity contribution in [3.63, 3.8) is 0 Å². The van der Waals surface area contributed by atoms with Crippen molar-refractivity contribution < 1.29 is 14.3 Å². The Labute approximate surface area is 131 Å². The highest BCUT2D eigenvalue weighted by Crippen LogP contribution is 2.21. The number of carbonyl (C=O) groups excluding carboxylic acids is 2. The molecule has 0 spiro atoms. The molecule has 0 aromatic heterocycles. The summed E-state index contributed by atoms with van der Waals surface area (Å²) < 4.78 is 5.39. The third kappa shape index (κ3) is 3.78. The average molecular weight is 304 g/mol. The zero-order valence-corrected chi connectivity index (χ0v) is 13.5. The Bertz CT molecular complexity index is 525. The van der Waals surface area contributed by atoms with E-state index in [9.17, 15) is 9.59 Å². The summed E-state index contributed by atoms with van der Waals surface area (Å²) in [7, 11) is 3.46. The van der Waals surface area contributed by atoms with Gasteiger partial charge in [-0.1, -0.05) is 12.1 Å². The van der Waals surface area contributed by atoms with E-state index in [0.717, 1.165) is 24.2 Å². The van der Waals surface area contributed by atoms with Crippen molar-refractivity contribution in [1.29, 1.82) is 0 Å². The van der Waals surface area contributed by atoms with Crippen LogP contribution >= 0.6 is 0 Å². The summed E-state index contributed by atoms with van der Waals surface area (Å²) in [5, 5.41) is 0. The molecule has 1 aliphatic heterocycles. The van der Waals surface area contributed by atoms with Crippen LogP contribution in [0.15, 0.2) is 24.3 Å². The molecular formula is C17H24N2O3. The Morgan fingerprint density at radius 1 is 1.27 bits per heavy atom. The molecule has 22 heavy (non-hydrogen) atoms. The van der Waals surface area contributed by atoms with E-state index in [1.54, 1.807) is 23.9 Å². The van der Waals surface area contributed by atoms with Gasteiger partial charge in [-0.15, -0.1) is 0 Å². The molecule has 0 aliphatic carbocycles. The van der Waals surface area contributed by atoms with Crippen LogP contribution in [0.1, 0.15) is 25.3 Å². The lowest BCUT2D eigenvalue weighted by Crippen LogP contribution is -2.45. The van der Waals surface area contributed by atoms with Crippen LogP contribution in [0.3, 0.4) is 0 Å². The summed E-state index contributed by atoms with van der Waals surface area (Å²) in [6, 6.07) is 7.26. The minimum absolute atomic E-state index is 0.0116. The second-order valence-corrected chi connectivity index (χ2v) is 5.73. The maximum absolute atomic E-state index is 12.5. The first-order chi connectivity index (χ1) is 10.5. The van der Waals surface area contributed by atoms with Crippen LogP contribution < -0.4 is 4.74 Å². The molecule has 1 aliphatic rings. The first-order valence-corrected chi connectivity index (χ1v) is 7.75. The lowest BCUT2D eigenvalue weighted by atomic mass is 10.1. The van der Waals surface area contributed by atoms with Crippen LogP contribution in [0.25, 0.3) is 0 Å². The zero-order valence-electron chi connectivity index (χ0n) is 13.5. The SMILES string of the molecule is CCOc1ccc(CC(=O)N2CCCC2C(=O)N(C)C)cc1. The molecule has 2 amide bonds. The van der Waals surface area contributed by atoms with Crippen LogP contribution in [0.5, 0.6) is 5.75 Å². The lowest BCUT2D eigenvalue weighted by molar-refractivity contribution is -0.141. The van der Waals surface area contributed by atoms with E-state index < -0.39 is 0 Å². The Morgan fingerprint density at radius 2 is 1.95 bits per heavy atom. The second-order valence-electron chi connectivity index (χ2n) is 5.73. The van der Waals surface area contributed by atoms with Crippen molar-refractivity contribution in [1.82, 2.24) is 9.80 Å². The van der Waals surface area contributed by atoms with Gasteiger partial charge in [0.1, 0.15) is 11.8 Å². The first-order valence-electron chi connectivity index (χ1n) is 7.75. The van der Waals surface area contributed by atoms with Crippen molar-refractivity contribution in [2.75, 3.05) is 27.2 Å². The fraction of sp³-hybridized carbons (Fsp3) is 0.529. The number of hydrogen-bond acceptors (Lipinski definition) is 3. The summed E-state index contributed by atoms with van der Waals surface area (Å²) in [4.78, 5) is 27.9. The topological polar surface area (TPSA) is 49.9 Å². The molecule has 5 nitrogen and oxygen atoms in total. The Kier molecular flexibility index (Phi) is 5.41. The van der Waals surface area contributed by atoms with Gasteiger partial charge in [-0.3, -0.25) is 9.59 Å². The van der Waals surface area contributed by atoms with Crippen LogP contribution in [-0.2, 0) is 16.0 Å². The van der Waals surface area contributed by atoms with E-state index in [1.807, 2.05) is 31.2 Å². The minimum Gasteiger partial charge on any atom is -0.494 e. The van der Waals surface area contributed by atoms with E-state index in [-0.39, 0.29) is 17.9 Å². The van der Waals surface area contributed by atoms with Crippen LogP contribution in [0.2, 0.25) is 0 Å². The molecule has 120 valence electrons. The monoisotopic (exact) mass is 304 g/mol. The molecule has 1 aromatic carbocycles. The zero-order chi connectivity index (χ0) is 16.1. The molecule has 5 heteroatoms. The third-order valence-corrected chi connectivity index (χ3v) is 3.89. The van der Waals surface area contributed by atoms with Crippen molar-refractivity contribution in [2.24, 2.45) is 0 Å². The largest absolute Gasteiger partial charge is 0.494 e. The number of rotatable bonds is 5. The summed E-state index contributed by atoms with van der Waals surface area (Å²) in [5.74, 6) is 0.833. The molecule has 0 radical (unpaired) electrons. The van der Waals surface area contributed by atoms with E-state index in [4.69, 9.17) is 4.74 Å².